The zero-order valence-electron chi connectivity index (χ0n) is 12.8. The van der Waals surface area contributed by atoms with Gasteiger partial charge in [0.2, 0.25) is 0 Å². The van der Waals surface area contributed by atoms with Crippen LogP contribution in [0.5, 0.6) is 0 Å². The average molecular weight is 317 g/mol. The first kappa shape index (κ1) is 23.5. The monoisotopic (exact) mass is 316 g/mol. The Bertz CT molecular complexity index is 234. The molecular formula is C14H26NiO4. The van der Waals surface area contributed by atoms with Crippen LogP contribution in [0.2, 0.25) is 0 Å². The first-order valence-corrected chi connectivity index (χ1v) is 6.23. The van der Waals surface area contributed by atoms with Gasteiger partial charge in [0.25, 0.3) is 0 Å². The summed E-state index contributed by atoms with van der Waals surface area (Å²) in [5, 5.41) is 19.9. The maximum Gasteiger partial charge on any atom is 2.00 e. The molecule has 0 spiro atoms. The van der Waals surface area contributed by atoms with Crippen molar-refractivity contribution in [2.24, 2.45) is 10.8 Å². The van der Waals surface area contributed by atoms with Crippen LogP contribution in [0.25, 0.3) is 0 Å². The van der Waals surface area contributed by atoms with Crippen molar-refractivity contribution in [2.45, 2.75) is 67.2 Å². The second kappa shape index (κ2) is 10.2. The van der Waals surface area contributed by atoms with Crippen LogP contribution in [-0.4, -0.2) is 11.9 Å². The number of carboxylic acid groups (broad SMARTS) is 2. The van der Waals surface area contributed by atoms with Crippen LogP contribution in [0.15, 0.2) is 0 Å². The number of carbonyl (C=O) groups is 2. The molecule has 4 nitrogen and oxygen atoms in total. The van der Waals surface area contributed by atoms with Gasteiger partial charge in [0.1, 0.15) is 0 Å². The number of carbonyl (C=O) groups excluding carboxylic acids is 2. The predicted octanol–water partition coefficient (Wildman–Crippen LogP) is 1.12. The molecule has 0 atom stereocenters. The second-order valence-corrected chi connectivity index (χ2v) is 6.87. The van der Waals surface area contributed by atoms with E-state index in [1.807, 2.05) is 41.5 Å². The summed E-state index contributed by atoms with van der Waals surface area (Å²) >= 11 is 0. The zero-order chi connectivity index (χ0) is 15.0. The number of hydrogen-bond donors (Lipinski definition) is 0. The molecule has 116 valence electrons. The van der Waals surface area contributed by atoms with E-state index in [1.165, 1.54) is 0 Å². The van der Waals surface area contributed by atoms with Crippen LogP contribution in [0.3, 0.4) is 0 Å². The maximum atomic E-state index is 9.93. The van der Waals surface area contributed by atoms with Gasteiger partial charge in [0.05, 0.1) is 0 Å². The first-order chi connectivity index (χ1) is 7.83. The Morgan fingerprint density at radius 1 is 0.737 bits per heavy atom. The van der Waals surface area contributed by atoms with E-state index in [0.29, 0.717) is 12.8 Å². The summed E-state index contributed by atoms with van der Waals surface area (Å²) in [4.78, 5) is 19.9. The topological polar surface area (TPSA) is 80.3 Å². The average Bonchev–Trinajstić information content (AvgIpc) is 2.10. The molecule has 0 aromatic carbocycles. The molecule has 0 unspecified atom stereocenters. The molecule has 19 heavy (non-hydrogen) atoms. The Kier molecular flexibility index (Phi) is 12.7. The van der Waals surface area contributed by atoms with Gasteiger partial charge in [0.15, 0.2) is 0 Å². The standard InChI is InChI=1S/2C7H14O2.Ni/c2*1-7(2,3)5-4-6(8)9;/h2*4-5H2,1-3H3,(H,8,9);/q;;+2/p-2. The Morgan fingerprint density at radius 2 is 0.947 bits per heavy atom. The fourth-order valence-corrected chi connectivity index (χ4v) is 0.954. The minimum Gasteiger partial charge on any atom is -0.550 e. The minimum absolute atomic E-state index is 0. The van der Waals surface area contributed by atoms with Crippen LogP contribution in [-0.2, 0) is 26.1 Å². The van der Waals surface area contributed by atoms with Crippen molar-refractivity contribution in [2.75, 3.05) is 0 Å². The predicted molar refractivity (Wildman–Crippen MR) is 67.4 cm³/mol. The van der Waals surface area contributed by atoms with Crippen LogP contribution in [0.1, 0.15) is 67.2 Å². The van der Waals surface area contributed by atoms with Crippen LogP contribution < -0.4 is 10.2 Å². The summed E-state index contributed by atoms with van der Waals surface area (Å²) < 4.78 is 0. The first-order valence-electron chi connectivity index (χ1n) is 6.23. The van der Waals surface area contributed by atoms with E-state index in [4.69, 9.17) is 0 Å². The van der Waals surface area contributed by atoms with Gasteiger partial charge >= 0.3 is 16.5 Å². The van der Waals surface area contributed by atoms with Crippen molar-refractivity contribution >= 4 is 11.9 Å². The van der Waals surface area contributed by atoms with Gasteiger partial charge < -0.3 is 19.8 Å². The third-order valence-electron chi connectivity index (χ3n) is 2.16. The zero-order valence-corrected chi connectivity index (χ0v) is 13.8. The number of rotatable bonds is 4. The smallest absolute Gasteiger partial charge is 0.550 e. The summed E-state index contributed by atoms with van der Waals surface area (Å²) in [6.45, 7) is 12.1. The van der Waals surface area contributed by atoms with Gasteiger partial charge in [-0.05, 0) is 36.5 Å². The van der Waals surface area contributed by atoms with Crippen molar-refractivity contribution in [1.82, 2.24) is 0 Å². The van der Waals surface area contributed by atoms with Gasteiger partial charge in [-0.15, -0.1) is 0 Å². The van der Waals surface area contributed by atoms with Gasteiger partial charge in [0, 0.05) is 11.9 Å². The van der Waals surface area contributed by atoms with E-state index < -0.39 is 11.9 Å². The van der Waals surface area contributed by atoms with E-state index in [0.717, 1.165) is 0 Å². The van der Waals surface area contributed by atoms with Crippen molar-refractivity contribution in [1.29, 1.82) is 0 Å². The molecule has 0 aliphatic rings. The van der Waals surface area contributed by atoms with Crippen LogP contribution in [0, 0.1) is 10.8 Å². The molecule has 0 aliphatic heterocycles. The van der Waals surface area contributed by atoms with E-state index in [1.54, 1.807) is 0 Å². The molecule has 0 fully saturated rings. The number of hydrogen-bond acceptors (Lipinski definition) is 4. The Hall–Kier alpha value is -0.566. The summed E-state index contributed by atoms with van der Waals surface area (Å²) in [5.41, 5.74) is 0.222. The van der Waals surface area contributed by atoms with Crippen LogP contribution in [0.4, 0.5) is 0 Å². The second-order valence-electron chi connectivity index (χ2n) is 6.87. The summed E-state index contributed by atoms with van der Waals surface area (Å²) in [7, 11) is 0. The summed E-state index contributed by atoms with van der Waals surface area (Å²) in [5.74, 6) is -1.91. The molecule has 5 heteroatoms. The molecule has 0 saturated carbocycles. The van der Waals surface area contributed by atoms with Gasteiger partial charge in [-0.25, -0.2) is 0 Å². The molecule has 0 saturated heterocycles. The van der Waals surface area contributed by atoms with E-state index in [2.05, 4.69) is 0 Å². The number of aliphatic carboxylic acids is 2. The minimum atomic E-state index is -0.954. The molecule has 0 amide bonds. The quantitative estimate of drug-likeness (QED) is 0.728. The van der Waals surface area contributed by atoms with E-state index in [9.17, 15) is 19.8 Å². The SMILES string of the molecule is CC(C)(C)CCC(=O)[O-].CC(C)(C)CCC(=O)[O-].[Ni+2]. The Morgan fingerprint density at radius 3 is 1.00 bits per heavy atom. The number of carboxylic acids is 2. The van der Waals surface area contributed by atoms with E-state index in [-0.39, 0.29) is 40.2 Å². The van der Waals surface area contributed by atoms with E-state index >= 15 is 0 Å². The molecule has 0 N–H and O–H groups in total. The fraction of sp³-hybridized carbons (Fsp3) is 0.857. The Labute approximate surface area is 126 Å². The largest absolute Gasteiger partial charge is 2.00 e. The third-order valence-corrected chi connectivity index (χ3v) is 2.16. The molecule has 0 bridgehead atoms. The van der Waals surface area contributed by atoms with Crippen molar-refractivity contribution in [3.05, 3.63) is 0 Å². The summed E-state index contributed by atoms with van der Waals surface area (Å²) in [6.07, 6.45) is 1.72. The molecular weight excluding hydrogens is 291 g/mol. The molecule has 0 aromatic heterocycles. The molecule has 0 aromatic rings. The summed E-state index contributed by atoms with van der Waals surface area (Å²) in [6, 6.07) is 0. The molecule has 0 heterocycles. The van der Waals surface area contributed by atoms with Gasteiger partial charge in [-0.2, -0.15) is 0 Å². The molecule has 0 radical (unpaired) electrons. The Balaban J connectivity index is -0.000000256. The fourth-order valence-electron chi connectivity index (χ4n) is 0.954. The third kappa shape index (κ3) is 31.8. The molecule has 0 aliphatic carbocycles. The van der Waals surface area contributed by atoms with Crippen molar-refractivity contribution < 1.29 is 36.3 Å². The van der Waals surface area contributed by atoms with Gasteiger partial charge in [-0.3, -0.25) is 0 Å². The van der Waals surface area contributed by atoms with Crippen LogP contribution >= 0.6 is 0 Å². The molecule has 0 rings (SSSR count). The normalized spacial score (nSPS) is 10.8. The van der Waals surface area contributed by atoms with Crippen molar-refractivity contribution in [3.63, 3.8) is 0 Å². The maximum absolute atomic E-state index is 9.93. The van der Waals surface area contributed by atoms with Gasteiger partial charge in [-0.1, -0.05) is 41.5 Å². The van der Waals surface area contributed by atoms with Crippen molar-refractivity contribution in [3.8, 4) is 0 Å².